The highest BCUT2D eigenvalue weighted by molar-refractivity contribution is 6.51. The van der Waals surface area contributed by atoms with Crippen molar-refractivity contribution in [2.45, 2.75) is 12.5 Å². The van der Waals surface area contributed by atoms with E-state index < -0.39 is 23.7 Å². The number of esters is 1. The number of carbonyl (C=O) groups is 3. The van der Waals surface area contributed by atoms with Gasteiger partial charge in [-0.15, -0.1) is 0 Å². The van der Waals surface area contributed by atoms with E-state index >= 15 is 0 Å². The number of hydrogen-bond donors (Lipinski definition) is 1. The van der Waals surface area contributed by atoms with Gasteiger partial charge in [0.25, 0.3) is 11.7 Å². The highest BCUT2D eigenvalue weighted by Gasteiger charge is 2.47. The molecule has 4 rings (SSSR count). The van der Waals surface area contributed by atoms with Crippen LogP contribution >= 0.6 is 0 Å². The number of ether oxygens (including phenoxy) is 3. The van der Waals surface area contributed by atoms with Crippen LogP contribution < -0.4 is 14.4 Å². The smallest absolute Gasteiger partial charge is 0.309 e. The summed E-state index contributed by atoms with van der Waals surface area (Å²) in [6, 6.07) is 19.4. The minimum Gasteiger partial charge on any atom is -0.507 e. The molecule has 1 aliphatic rings. The van der Waals surface area contributed by atoms with Crippen LogP contribution in [0, 0.1) is 0 Å². The molecule has 0 aromatic heterocycles. The van der Waals surface area contributed by atoms with Gasteiger partial charge in [-0.05, 0) is 47.5 Å². The van der Waals surface area contributed by atoms with Crippen LogP contribution in [0.25, 0.3) is 5.76 Å². The Hall–Kier alpha value is -4.59. The van der Waals surface area contributed by atoms with E-state index in [4.69, 9.17) is 14.2 Å². The van der Waals surface area contributed by atoms with Gasteiger partial charge in [0.1, 0.15) is 17.3 Å². The molecule has 1 saturated heterocycles. The quantitative estimate of drug-likeness (QED) is 0.232. The molecule has 1 heterocycles. The highest BCUT2D eigenvalue weighted by Crippen LogP contribution is 2.43. The molecule has 0 bridgehead atoms. The van der Waals surface area contributed by atoms with Crippen molar-refractivity contribution in [2.75, 3.05) is 26.2 Å². The Bertz CT molecular complexity index is 1340. The maximum absolute atomic E-state index is 13.3. The first-order valence-electron chi connectivity index (χ1n) is 11.1. The topological polar surface area (TPSA) is 102 Å². The fourth-order valence-electron chi connectivity index (χ4n) is 4.16. The highest BCUT2D eigenvalue weighted by atomic mass is 16.5. The maximum atomic E-state index is 13.3. The van der Waals surface area contributed by atoms with Crippen molar-refractivity contribution in [1.82, 2.24) is 0 Å². The number of aliphatic hydroxyl groups excluding tert-OH is 1. The molecule has 1 N–H and O–H groups in total. The predicted molar refractivity (Wildman–Crippen MR) is 133 cm³/mol. The minimum absolute atomic E-state index is 0.0554. The van der Waals surface area contributed by atoms with Crippen LogP contribution in [0.1, 0.15) is 22.7 Å². The fraction of sp³-hybridized carbons (Fsp3) is 0.179. The Balaban J connectivity index is 1.87. The monoisotopic (exact) mass is 487 g/mol. The summed E-state index contributed by atoms with van der Waals surface area (Å²) in [6.07, 6.45) is 0.0742. The van der Waals surface area contributed by atoms with Crippen LogP contribution in [0.5, 0.6) is 11.5 Å². The van der Waals surface area contributed by atoms with Gasteiger partial charge in [-0.25, -0.2) is 0 Å². The Morgan fingerprint density at radius 2 is 1.53 bits per heavy atom. The number of Topliss-reactive ketones (excluding diaryl/α,β-unsaturated/α-hetero) is 1. The first-order valence-corrected chi connectivity index (χ1v) is 11.1. The molecular weight excluding hydrogens is 462 g/mol. The van der Waals surface area contributed by atoms with Crippen molar-refractivity contribution < 1.29 is 33.7 Å². The molecule has 8 heteroatoms. The zero-order chi connectivity index (χ0) is 25.8. The Kier molecular flexibility index (Phi) is 7.05. The molecule has 1 atom stereocenters. The molecule has 0 spiro atoms. The number of benzene rings is 3. The summed E-state index contributed by atoms with van der Waals surface area (Å²) < 4.78 is 15.3. The van der Waals surface area contributed by atoms with Crippen molar-refractivity contribution in [3.8, 4) is 11.5 Å². The summed E-state index contributed by atoms with van der Waals surface area (Å²) >= 11 is 0. The number of amides is 1. The van der Waals surface area contributed by atoms with Crippen molar-refractivity contribution >= 4 is 29.1 Å². The van der Waals surface area contributed by atoms with Crippen molar-refractivity contribution in [3.05, 3.63) is 95.1 Å². The van der Waals surface area contributed by atoms with E-state index in [0.717, 1.165) is 0 Å². The van der Waals surface area contributed by atoms with Gasteiger partial charge < -0.3 is 19.3 Å². The lowest BCUT2D eigenvalue weighted by Crippen LogP contribution is -2.29. The van der Waals surface area contributed by atoms with Crippen LogP contribution in [-0.4, -0.2) is 44.1 Å². The summed E-state index contributed by atoms with van der Waals surface area (Å²) in [5, 5.41) is 11.3. The van der Waals surface area contributed by atoms with Crippen LogP contribution in [-0.2, 0) is 25.5 Å². The average molecular weight is 488 g/mol. The first kappa shape index (κ1) is 24.5. The third-order valence-electron chi connectivity index (χ3n) is 5.99. The molecule has 3 aromatic rings. The number of nitrogens with zero attached hydrogens (tertiary/aromatic N) is 1. The van der Waals surface area contributed by atoms with E-state index in [1.807, 2.05) is 0 Å². The molecule has 0 saturated carbocycles. The van der Waals surface area contributed by atoms with Crippen LogP contribution in [0.3, 0.4) is 0 Å². The number of rotatable bonds is 7. The number of hydrogen-bond acceptors (Lipinski definition) is 7. The molecule has 0 aliphatic carbocycles. The summed E-state index contributed by atoms with van der Waals surface area (Å²) in [5.74, 6) is -1.28. The molecule has 3 aromatic carbocycles. The molecule has 184 valence electrons. The normalized spacial score (nSPS) is 16.6. The van der Waals surface area contributed by atoms with E-state index in [9.17, 15) is 19.5 Å². The summed E-state index contributed by atoms with van der Waals surface area (Å²) in [4.78, 5) is 39.6. The molecule has 36 heavy (non-hydrogen) atoms. The fourth-order valence-corrected chi connectivity index (χ4v) is 4.16. The molecule has 8 nitrogen and oxygen atoms in total. The van der Waals surface area contributed by atoms with Gasteiger partial charge in [0.15, 0.2) is 0 Å². The van der Waals surface area contributed by atoms with Gasteiger partial charge >= 0.3 is 5.97 Å². The second-order valence-electron chi connectivity index (χ2n) is 8.10. The van der Waals surface area contributed by atoms with Crippen LogP contribution in [0.2, 0.25) is 0 Å². The zero-order valence-electron chi connectivity index (χ0n) is 20.1. The number of methoxy groups -OCH3 is 3. The average Bonchev–Trinajstić information content (AvgIpc) is 3.18. The Morgan fingerprint density at radius 1 is 0.889 bits per heavy atom. The van der Waals surface area contributed by atoms with Gasteiger partial charge in [0, 0.05) is 11.3 Å². The number of anilines is 1. The van der Waals surface area contributed by atoms with Gasteiger partial charge in [0.05, 0.1) is 39.4 Å². The second-order valence-corrected chi connectivity index (χ2v) is 8.10. The van der Waals surface area contributed by atoms with Gasteiger partial charge in [-0.3, -0.25) is 19.3 Å². The minimum atomic E-state index is -0.919. The standard InChI is InChI=1S/C28H25NO7/c1-34-21-8-4-6-18(15-21)25-24(26(31)19-7-5-9-22(16-19)35-2)27(32)28(33)29(25)20-12-10-17(11-13-20)14-23(30)36-3/h4-13,15-16,25,31H,14H2,1-3H3/b26-24-. The van der Waals surface area contributed by atoms with E-state index in [1.165, 1.54) is 26.2 Å². The zero-order valence-corrected chi connectivity index (χ0v) is 20.1. The van der Waals surface area contributed by atoms with E-state index in [-0.39, 0.29) is 17.8 Å². The lowest BCUT2D eigenvalue weighted by Gasteiger charge is -2.26. The molecule has 1 amide bonds. The predicted octanol–water partition coefficient (Wildman–Crippen LogP) is 4.05. The van der Waals surface area contributed by atoms with Crippen LogP contribution in [0.15, 0.2) is 78.4 Å². The molecule has 0 radical (unpaired) electrons. The third-order valence-corrected chi connectivity index (χ3v) is 5.99. The maximum Gasteiger partial charge on any atom is 0.309 e. The number of ketones is 1. The summed E-state index contributed by atoms with van der Waals surface area (Å²) in [6.45, 7) is 0. The van der Waals surface area contributed by atoms with Gasteiger partial charge in [-0.1, -0.05) is 36.4 Å². The lowest BCUT2D eigenvalue weighted by molar-refractivity contribution is -0.139. The number of aliphatic hydroxyl groups is 1. The van der Waals surface area contributed by atoms with Crippen molar-refractivity contribution in [1.29, 1.82) is 0 Å². The second kappa shape index (κ2) is 10.4. The summed E-state index contributed by atoms with van der Waals surface area (Å²) in [5.41, 5.74) is 1.99. The molecule has 1 aliphatic heterocycles. The van der Waals surface area contributed by atoms with Gasteiger partial charge in [-0.2, -0.15) is 0 Å². The van der Waals surface area contributed by atoms with Gasteiger partial charge in [0.2, 0.25) is 0 Å². The van der Waals surface area contributed by atoms with Crippen LogP contribution in [0.4, 0.5) is 5.69 Å². The Morgan fingerprint density at radius 3 is 2.17 bits per heavy atom. The SMILES string of the molecule is COC(=O)Cc1ccc(N2C(=O)C(=O)/C(=C(\O)c3cccc(OC)c3)C2c2cccc(OC)c2)cc1. The molecule has 1 fully saturated rings. The van der Waals surface area contributed by atoms with Crippen molar-refractivity contribution in [2.24, 2.45) is 0 Å². The van der Waals surface area contributed by atoms with E-state index in [1.54, 1.807) is 72.8 Å². The Labute approximate surface area is 208 Å². The molecule has 1 unspecified atom stereocenters. The van der Waals surface area contributed by atoms with Crippen molar-refractivity contribution in [3.63, 3.8) is 0 Å². The van der Waals surface area contributed by atoms with E-state index in [2.05, 4.69) is 0 Å². The lowest BCUT2D eigenvalue weighted by atomic mass is 9.95. The molecular formula is C28H25NO7. The first-order chi connectivity index (χ1) is 17.4. The largest absolute Gasteiger partial charge is 0.507 e. The third kappa shape index (κ3) is 4.65. The number of carbonyl (C=O) groups excluding carboxylic acids is 3. The van der Waals surface area contributed by atoms with E-state index in [0.29, 0.717) is 33.9 Å². The summed E-state index contributed by atoms with van der Waals surface area (Å²) in [7, 11) is 4.33.